The van der Waals surface area contributed by atoms with Crippen molar-refractivity contribution in [2.75, 3.05) is 0 Å². The van der Waals surface area contributed by atoms with Crippen molar-refractivity contribution in [1.82, 2.24) is 0 Å². The number of alkyl halides is 1. The second kappa shape index (κ2) is 4.53. The largest absolute Gasteiger partial charge is 0.321 e. The van der Waals surface area contributed by atoms with Gasteiger partial charge in [0.15, 0.2) is 5.78 Å². The number of ketones is 1. The SMILES string of the molecule is CC(N)C(=O)c1ccc(CF)cc1Cl. The van der Waals surface area contributed by atoms with Gasteiger partial charge in [0.25, 0.3) is 0 Å². The average molecular weight is 216 g/mol. The second-order valence-electron chi connectivity index (χ2n) is 3.10. The van der Waals surface area contributed by atoms with Crippen LogP contribution in [0.4, 0.5) is 4.39 Å². The van der Waals surface area contributed by atoms with Gasteiger partial charge in [0, 0.05) is 5.56 Å². The van der Waals surface area contributed by atoms with Crippen LogP contribution in [0.2, 0.25) is 5.02 Å². The Hall–Kier alpha value is -0.930. The molecule has 0 saturated heterocycles. The lowest BCUT2D eigenvalue weighted by Crippen LogP contribution is -2.26. The molecule has 0 aromatic heterocycles. The van der Waals surface area contributed by atoms with Gasteiger partial charge in [-0.15, -0.1) is 0 Å². The summed E-state index contributed by atoms with van der Waals surface area (Å²) >= 11 is 5.80. The molecule has 1 atom stereocenters. The van der Waals surface area contributed by atoms with Crippen LogP contribution in [-0.4, -0.2) is 11.8 Å². The average Bonchev–Trinajstić information content (AvgIpc) is 2.16. The lowest BCUT2D eigenvalue weighted by atomic mass is 10.0. The molecule has 0 aliphatic heterocycles. The number of Topliss-reactive ketones (excluding diaryl/α,β-unsaturated/α-hetero) is 1. The van der Waals surface area contributed by atoms with Gasteiger partial charge in [-0.05, 0) is 24.6 Å². The zero-order chi connectivity index (χ0) is 10.7. The first-order chi connectivity index (χ1) is 6.56. The number of halogens is 2. The quantitative estimate of drug-likeness (QED) is 0.787. The number of benzene rings is 1. The van der Waals surface area contributed by atoms with Crippen LogP contribution in [0.1, 0.15) is 22.8 Å². The summed E-state index contributed by atoms with van der Waals surface area (Å²) in [5.74, 6) is -0.236. The van der Waals surface area contributed by atoms with Crippen molar-refractivity contribution >= 4 is 17.4 Å². The fourth-order valence-corrected chi connectivity index (χ4v) is 1.38. The number of nitrogens with two attached hydrogens (primary N) is 1. The van der Waals surface area contributed by atoms with Crippen LogP contribution in [0.3, 0.4) is 0 Å². The van der Waals surface area contributed by atoms with Crippen molar-refractivity contribution in [3.05, 3.63) is 34.3 Å². The Bertz CT molecular complexity index is 352. The van der Waals surface area contributed by atoms with Crippen LogP contribution in [-0.2, 0) is 6.67 Å². The smallest absolute Gasteiger partial charge is 0.180 e. The third-order valence-electron chi connectivity index (χ3n) is 1.87. The first-order valence-electron chi connectivity index (χ1n) is 4.20. The summed E-state index contributed by atoms with van der Waals surface area (Å²) < 4.78 is 12.2. The van der Waals surface area contributed by atoms with Crippen LogP contribution in [0.15, 0.2) is 18.2 Å². The maximum atomic E-state index is 12.2. The Kier molecular flexibility index (Phi) is 3.61. The first-order valence-corrected chi connectivity index (χ1v) is 4.58. The number of hydrogen-bond donors (Lipinski definition) is 1. The van der Waals surface area contributed by atoms with Crippen LogP contribution < -0.4 is 5.73 Å². The highest BCUT2D eigenvalue weighted by atomic mass is 35.5. The van der Waals surface area contributed by atoms with Gasteiger partial charge in [0.2, 0.25) is 0 Å². The molecular weight excluding hydrogens is 205 g/mol. The van der Waals surface area contributed by atoms with Crippen LogP contribution in [0.25, 0.3) is 0 Å². The predicted molar refractivity (Wildman–Crippen MR) is 54.2 cm³/mol. The van der Waals surface area contributed by atoms with Gasteiger partial charge in [0.05, 0.1) is 11.1 Å². The van der Waals surface area contributed by atoms with Crippen molar-refractivity contribution in [2.45, 2.75) is 19.6 Å². The summed E-state index contributed by atoms with van der Waals surface area (Å²) in [5, 5.41) is 0.252. The summed E-state index contributed by atoms with van der Waals surface area (Å²) in [5.41, 5.74) is 6.23. The molecule has 1 aromatic rings. The molecule has 0 bridgehead atoms. The van der Waals surface area contributed by atoms with E-state index in [1.54, 1.807) is 6.92 Å². The third-order valence-corrected chi connectivity index (χ3v) is 2.18. The molecule has 0 radical (unpaired) electrons. The minimum absolute atomic E-state index is 0.236. The van der Waals surface area contributed by atoms with E-state index in [9.17, 15) is 9.18 Å². The van der Waals surface area contributed by atoms with E-state index in [-0.39, 0.29) is 10.8 Å². The van der Waals surface area contributed by atoms with Gasteiger partial charge in [-0.3, -0.25) is 4.79 Å². The zero-order valence-corrected chi connectivity index (χ0v) is 8.51. The lowest BCUT2D eigenvalue weighted by Gasteiger charge is -2.07. The number of carbonyl (C=O) groups is 1. The summed E-state index contributed by atoms with van der Waals surface area (Å²) in [7, 11) is 0. The van der Waals surface area contributed by atoms with Crippen molar-refractivity contribution in [2.24, 2.45) is 5.73 Å². The molecule has 0 aliphatic rings. The summed E-state index contributed by atoms with van der Waals surface area (Å²) in [6.45, 7) is 0.994. The third kappa shape index (κ3) is 2.30. The highest BCUT2D eigenvalue weighted by Gasteiger charge is 2.14. The monoisotopic (exact) mass is 215 g/mol. The van der Waals surface area contributed by atoms with E-state index in [1.807, 2.05) is 0 Å². The molecule has 1 aromatic carbocycles. The van der Waals surface area contributed by atoms with Crippen LogP contribution >= 0.6 is 11.6 Å². The Morgan fingerprint density at radius 1 is 1.64 bits per heavy atom. The maximum Gasteiger partial charge on any atom is 0.180 e. The maximum absolute atomic E-state index is 12.2. The summed E-state index contributed by atoms with van der Waals surface area (Å²) in [4.78, 5) is 11.5. The van der Waals surface area contributed by atoms with E-state index < -0.39 is 12.7 Å². The fourth-order valence-electron chi connectivity index (χ4n) is 1.09. The van der Waals surface area contributed by atoms with Crippen molar-refractivity contribution in [3.8, 4) is 0 Å². The molecule has 2 nitrogen and oxygen atoms in total. The molecule has 1 rings (SSSR count). The molecule has 76 valence electrons. The van der Waals surface area contributed by atoms with Crippen molar-refractivity contribution in [1.29, 1.82) is 0 Å². The zero-order valence-electron chi connectivity index (χ0n) is 7.76. The Balaban J connectivity index is 3.06. The highest BCUT2D eigenvalue weighted by molar-refractivity contribution is 6.34. The van der Waals surface area contributed by atoms with E-state index in [4.69, 9.17) is 17.3 Å². The van der Waals surface area contributed by atoms with E-state index in [0.717, 1.165) is 0 Å². The minimum atomic E-state index is -0.594. The Morgan fingerprint density at radius 3 is 2.71 bits per heavy atom. The molecule has 4 heteroatoms. The molecule has 0 heterocycles. The first kappa shape index (κ1) is 11.1. The fraction of sp³-hybridized carbons (Fsp3) is 0.300. The molecule has 0 amide bonds. The minimum Gasteiger partial charge on any atom is -0.321 e. The van der Waals surface area contributed by atoms with Gasteiger partial charge in [-0.1, -0.05) is 17.7 Å². The van der Waals surface area contributed by atoms with Gasteiger partial charge in [0.1, 0.15) is 6.67 Å². The molecule has 1 unspecified atom stereocenters. The van der Waals surface area contributed by atoms with Crippen molar-refractivity contribution in [3.63, 3.8) is 0 Å². The van der Waals surface area contributed by atoms with Gasteiger partial charge in [-0.25, -0.2) is 4.39 Å². The van der Waals surface area contributed by atoms with Crippen molar-refractivity contribution < 1.29 is 9.18 Å². The lowest BCUT2D eigenvalue weighted by molar-refractivity contribution is 0.0968. The summed E-state index contributed by atoms with van der Waals surface area (Å²) in [6.07, 6.45) is 0. The molecule has 14 heavy (non-hydrogen) atoms. The molecule has 0 fully saturated rings. The van der Waals surface area contributed by atoms with Crippen LogP contribution in [0, 0.1) is 0 Å². The van der Waals surface area contributed by atoms with E-state index in [1.165, 1.54) is 18.2 Å². The number of carbonyl (C=O) groups excluding carboxylic acids is 1. The molecule has 0 spiro atoms. The predicted octanol–water partition coefficient (Wildman–Crippen LogP) is 2.34. The molecule has 0 saturated carbocycles. The van der Waals surface area contributed by atoms with Crippen LogP contribution in [0.5, 0.6) is 0 Å². The highest BCUT2D eigenvalue weighted by Crippen LogP contribution is 2.19. The van der Waals surface area contributed by atoms with Gasteiger partial charge >= 0.3 is 0 Å². The Morgan fingerprint density at radius 2 is 2.29 bits per heavy atom. The van der Waals surface area contributed by atoms with Gasteiger partial charge in [-0.2, -0.15) is 0 Å². The number of rotatable bonds is 3. The van der Waals surface area contributed by atoms with E-state index in [0.29, 0.717) is 11.1 Å². The molecule has 2 N–H and O–H groups in total. The van der Waals surface area contributed by atoms with E-state index >= 15 is 0 Å². The Labute approximate surface area is 86.9 Å². The van der Waals surface area contributed by atoms with Gasteiger partial charge < -0.3 is 5.73 Å². The standard InChI is InChI=1S/C10H11ClFNO/c1-6(13)10(14)8-3-2-7(5-12)4-9(8)11/h2-4,6H,5,13H2,1H3. The van der Waals surface area contributed by atoms with E-state index in [2.05, 4.69) is 0 Å². The topological polar surface area (TPSA) is 43.1 Å². The number of hydrogen-bond acceptors (Lipinski definition) is 2. The molecule has 0 aliphatic carbocycles. The summed E-state index contributed by atoms with van der Waals surface area (Å²) in [6, 6.07) is 3.88. The normalized spacial score (nSPS) is 12.6. The second-order valence-corrected chi connectivity index (χ2v) is 3.51. The molecular formula is C10H11ClFNO.